The van der Waals surface area contributed by atoms with Gasteiger partial charge in [-0.25, -0.2) is 0 Å². The van der Waals surface area contributed by atoms with E-state index in [1.807, 2.05) is 0 Å². The van der Waals surface area contributed by atoms with E-state index >= 15 is 0 Å². The van der Waals surface area contributed by atoms with E-state index in [0.29, 0.717) is 5.92 Å². The highest BCUT2D eigenvalue weighted by atomic mass is 14.0. The molecule has 0 aromatic heterocycles. The lowest BCUT2D eigenvalue weighted by Crippen LogP contribution is -1.94. The van der Waals surface area contributed by atoms with E-state index in [4.69, 9.17) is 0 Å². The largest absolute Gasteiger partial charge is 0.133 e. The van der Waals surface area contributed by atoms with Gasteiger partial charge in [0.15, 0.2) is 0 Å². The Morgan fingerprint density at radius 3 is 2.54 bits per heavy atom. The Hall–Kier alpha value is -0.920. The second-order valence-electron chi connectivity index (χ2n) is 3.17. The molecule has 0 spiro atoms. The maximum Gasteiger partial charge on any atom is 0.00945 e. The number of rotatable bonds is 5. The van der Waals surface area contributed by atoms with Crippen LogP contribution < -0.4 is 0 Å². The van der Waals surface area contributed by atoms with Crippen molar-refractivity contribution in [3.8, 4) is 11.8 Å². The molecule has 1 unspecified atom stereocenters. The minimum atomic E-state index is 0.633. The van der Waals surface area contributed by atoms with Gasteiger partial charge in [-0.05, 0) is 24.8 Å². The highest BCUT2D eigenvalue weighted by molar-refractivity contribution is 4.99. The SMILES string of the molecule is C=C=CC(CCC)CCC#CCC. The fraction of sp³-hybridized carbons (Fsp3) is 0.615. The van der Waals surface area contributed by atoms with Crippen molar-refractivity contribution in [3.63, 3.8) is 0 Å². The van der Waals surface area contributed by atoms with E-state index in [1.54, 1.807) is 0 Å². The average Bonchev–Trinajstić information content (AvgIpc) is 2.13. The Balaban J connectivity index is 3.74. The highest BCUT2D eigenvalue weighted by Crippen LogP contribution is 2.13. The van der Waals surface area contributed by atoms with Crippen molar-refractivity contribution in [2.45, 2.75) is 46.0 Å². The average molecular weight is 176 g/mol. The van der Waals surface area contributed by atoms with Crippen LogP contribution in [-0.4, -0.2) is 0 Å². The van der Waals surface area contributed by atoms with Crippen molar-refractivity contribution < 1.29 is 0 Å². The molecule has 0 aliphatic carbocycles. The Kier molecular flexibility index (Phi) is 8.52. The van der Waals surface area contributed by atoms with Gasteiger partial charge in [-0.15, -0.1) is 17.6 Å². The van der Waals surface area contributed by atoms with Crippen molar-refractivity contribution >= 4 is 0 Å². The third-order valence-corrected chi connectivity index (χ3v) is 1.95. The smallest absolute Gasteiger partial charge is 0.00945 e. The van der Waals surface area contributed by atoms with Crippen LogP contribution in [0.5, 0.6) is 0 Å². The molecule has 0 N–H and O–H groups in total. The molecule has 13 heavy (non-hydrogen) atoms. The fourth-order valence-corrected chi connectivity index (χ4v) is 1.32. The summed E-state index contributed by atoms with van der Waals surface area (Å²) in [5.41, 5.74) is 2.87. The maximum atomic E-state index is 3.61. The minimum absolute atomic E-state index is 0.633. The lowest BCUT2D eigenvalue weighted by Gasteiger charge is -2.06. The third kappa shape index (κ3) is 7.44. The number of allylic oxidation sites excluding steroid dienone is 1. The van der Waals surface area contributed by atoms with Gasteiger partial charge in [-0.3, -0.25) is 0 Å². The predicted octanol–water partition coefficient (Wildman–Crippen LogP) is 3.94. The van der Waals surface area contributed by atoms with Gasteiger partial charge in [-0.1, -0.05) is 26.8 Å². The topological polar surface area (TPSA) is 0 Å². The van der Waals surface area contributed by atoms with Crippen LogP contribution in [-0.2, 0) is 0 Å². The van der Waals surface area contributed by atoms with Gasteiger partial charge in [0.1, 0.15) is 0 Å². The van der Waals surface area contributed by atoms with Crippen LogP contribution >= 0.6 is 0 Å². The minimum Gasteiger partial charge on any atom is -0.133 e. The molecular formula is C13H20. The van der Waals surface area contributed by atoms with Gasteiger partial charge in [0.2, 0.25) is 0 Å². The summed E-state index contributed by atoms with van der Waals surface area (Å²) in [6.45, 7) is 7.90. The zero-order chi connectivity index (χ0) is 9.94. The molecule has 1 atom stereocenters. The van der Waals surface area contributed by atoms with Gasteiger partial charge in [-0.2, -0.15) is 0 Å². The van der Waals surface area contributed by atoms with Crippen molar-refractivity contribution in [1.82, 2.24) is 0 Å². The van der Waals surface area contributed by atoms with Crippen LogP contribution in [0.25, 0.3) is 0 Å². The normalized spacial score (nSPS) is 10.9. The maximum absolute atomic E-state index is 3.61. The summed E-state index contributed by atoms with van der Waals surface area (Å²) in [7, 11) is 0. The third-order valence-electron chi connectivity index (χ3n) is 1.95. The van der Waals surface area contributed by atoms with Crippen LogP contribution in [0, 0.1) is 17.8 Å². The number of hydrogen-bond donors (Lipinski definition) is 0. The van der Waals surface area contributed by atoms with Crippen LogP contribution in [0.15, 0.2) is 18.4 Å². The van der Waals surface area contributed by atoms with Gasteiger partial charge >= 0.3 is 0 Å². The van der Waals surface area contributed by atoms with E-state index in [2.05, 4.69) is 44.1 Å². The first-order chi connectivity index (χ1) is 6.35. The Morgan fingerprint density at radius 1 is 1.23 bits per heavy atom. The summed E-state index contributed by atoms with van der Waals surface area (Å²) >= 11 is 0. The van der Waals surface area contributed by atoms with E-state index < -0.39 is 0 Å². The molecule has 0 aliphatic heterocycles. The van der Waals surface area contributed by atoms with E-state index in [1.165, 1.54) is 12.8 Å². The zero-order valence-electron chi connectivity index (χ0n) is 8.90. The number of hydrogen-bond acceptors (Lipinski definition) is 0. The van der Waals surface area contributed by atoms with Gasteiger partial charge in [0.25, 0.3) is 0 Å². The van der Waals surface area contributed by atoms with Gasteiger partial charge < -0.3 is 0 Å². The molecule has 0 fully saturated rings. The summed E-state index contributed by atoms with van der Waals surface area (Å²) in [4.78, 5) is 0. The second kappa shape index (κ2) is 9.17. The Labute approximate surface area is 82.7 Å². The van der Waals surface area contributed by atoms with Crippen LogP contribution in [0.2, 0.25) is 0 Å². The molecule has 72 valence electrons. The molecule has 0 heteroatoms. The summed E-state index contributed by atoms with van der Waals surface area (Å²) in [5.74, 6) is 6.89. The summed E-state index contributed by atoms with van der Waals surface area (Å²) < 4.78 is 0. The molecule has 0 saturated carbocycles. The van der Waals surface area contributed by atoms with Crippen LogP contribution in [0.3, 0.4) is 0 Å². The molecule has 0 aromatic carbocycles. The first-order valence-electron chi connectivity index (χ1n) is 5.16. The lowest BCUT2D eigenvalue weighted by atomic mass is 9.98. The molecule has 0 amide bonds. The van der Waals surface area contributed by atoms with E-state index in [-0.39, 0.29) is 0 Å². The van der Waals surface area contributed by atoms with E-state index in [0.717, 1.165) is 19.3 Å². The van der Waals surface area contributed by atoms with Crippen LogP contribution in [0.1, 0.15) is 46.0 Å². The first kappa shape index (κ1) is 12.1. The summed E-state index contributed by atoms with van der Waals surface area (Å²) in [6.07, 6.45) is 7.67. The lowest BCUT2D eigenvalue weighted by molar-refractivity contribution is 0.546. The molecular weight excluding hydrogens is 156 g/mol. The Bertz CT molecular complexity index is 208. The van der Waals surface area contributed by atoms with Crippen molar-refractivity contribution in [1.29, 1.82) is 0 Å². The molecule has 0 heterocycles. The molecule has 0 nitrogen and oxygen atoms in total. The highest BCUT2D eigenvalue weighted by Gasteiger charge is 2.00. The van der Waals surface area contributed by atoms with E-state index in [9.17, 15) is 0 Å². The predicted molar refractivity (Wildman–Crippen MR) is 59.4 cm³/mol. The van der Waals surface area contributed by atoms with Crippen molar-refractivity contribution in [2.75, 3.05) is 0 Å². The second-order valence-corrected chi connectivity index (χ2v) is 3.17. The van der Waals surface area contributed by atoms with Gasteiger partial charge in [0, 0.05) is 12.8 Å². The van der Waals surface area contributed by atoms with Crippen molar-refractivity contribution in [3.05, 3.63) is 18.4 Å². The fourth-order valence-electron chi connectivity index (χ4n) is 1.32. The molecule has 0 aliphatic rings. The Morgan fingerprint density at radius 2 is 2.00 bits per heavy atom. The quantitative estimate of drug-likeness (QED) is 0.439. The monoisotopic (exact) mass is 176 g/mol. The molecule has 0 aromatic rings. The summed E-state index contributed by atoms with van der Waals surface area (Å²) in [6, 6.07) is 0. The molecule has 0 rings (SSSR count). The summed E-state index contributed by atoms with van der Waals surface area (Å²) in [5, 5.41) is 0. The van der Waals surface area contributed by atoms with Crippen molar-refractivity contribution in [2.24, 2.45) is 5.92 Å². The van der Waals surface area contributed by atoms with Crippen LogP contribution in [0.4, 0.5) is 0 Å². The molecule has 0 saturated heterocycles. The molecule has 0 bridgehead atoms. The zero-order valence-corrected chi connectivity index (χ0v) is 8.90. The standard InChI is InChI=1S/C13H20/c1-4-7-8-9-12-13(10-5-2)11-6-3/h10,13H,2,4,6,9,11-12H2,1,3H3. The first-order valence-corrected chi connectivity index (χ1v) is 5.16. The molecule has 0 radical (unpaired) electrons. The van der Waals surface area contributed by atoms with Gasteiger partial charge in [0.05, 0.1) is 0 Å².